The van der Waals surface area contributed by atoms with Crippen molar-refractivity contribution in [2.45, 2.75) is 13.5 Å². The van der Waals surface area contributed by atoms with Gasteiger partial charge in [0.15, 0.2) is 0 Å². The van der Waals surface area contributed by atoms with Gasteiger partial charge in [0, 0.05) is 0 Å². The molecule has 0 aliphatic heterocycles. The van der Waals surface area contributed by atoms with Gasteiger partial charge in [-0.3, -0.25) is 4.79 Å². The smallest absolute Gasteiger partial charge is 0.255 e. The summed E-state index contributed by atoms with van der Waals surface area (Å²) >= 11 is 0. The maximum atomic E-state index is 13.1. The van der Waals surface area contributed by atoms with E-state index in [-0.39, 0.29) is 18.3 Å². The van der Waals surface area contributed by atoms with Gasteiger partial charge in [-0.05, 0) is 31.2 Å². The van der Waals surface area contributed by atoms with Crippen LogP contribution in [0.3, 0.4) is 0 Å². The van der Waals surface area contributed by atoms with Crippen molar-refractivity contribution in [2.75, 3.05) is 0 Å². The molecule has 6 heteroatoms. The lowest BCUT2D eigenvalue weighted by molar-refractivity contribution is 0.0948. The van der Waals surface area contributed by atoms with Gasteiger partial charge in [-0.15, -0.1) is 0 Å². The topological polar surface area (TPSA) is 70.9 Å². The summed E-state index contributed by atoms with van der Waals surface area (Å²) in [5.74, 6) is 0.572. The van der Waals surface area contributed by atoms with E-state index >= 15 is 0 Å². The molecule has 0 fully saturated rings. The lowest BCUT2D eigenvalue weighted by Crippen LogP contribution is -2.23. The molecule has 2 heterocycles. The van der Waals surface area contributed by atoms with E-state index in [2.05, 4.69) is 15.3 Å². The second-order valence-electron chi connectivity index (χ2n) is 4.42. The van der Waals surface area contributed by atoms with E-state index in [1.807, 2.05) is 0 Å². The molecule has 0 atom stereocenters. The highest BCUT2D eigenvalue weighted by atomic mass is 19.1. The van der Waals surface area contributed by atoms with Gasteiger partial charge < -0.3 is 14.7 Å². The molecule has 2 N–H and O–H groups in total. The predicted molar refractivity (Wildman–Crippen MR) is 70.7 cm³/mol. The average molecular weight is 273 g/mol. The predicted octanol–water partition coefficient (Wildman–Crippen LogP) is 2.53. The summed E-state index contributed by atoms with van der Waals surface area (Å²) in [5, 5.41) is 2.73. The van der Waals surface area contributed by atoms with Gasteiger partial charge in [0.05, 0.1) is 29.4 Å². The number of fused-ring (bicyclic) bond motifs is 1. The largest absolute Gasteiger partial charge is 0.469 e. The van der Waals surface area contributed by atoms with Gasteiger partial charge in [0.25, 0.3) is 5.91 Å². The number of hydrogen-bond acceptors (Lipinski definition) is 3. The van der Waals surface area contributed by atoms with Crippen molar-refractivity contribution >= 4 is 16.9 Å². The van der Waals surface area contributed by atoms with Crippen molar-refractivity contribution in [3.63, 3.8) is 0 Å². The molecule has 1 amide bonds. The monoisotopic (exact) mass is 273 g/mol. The SMILES string of the molecule is Cc1occc1C(=O)NCc1nc2ccc(F)cc2[nH]1. The molecule has 0 unspecified atom stereocenters. The Hall–Kier alpha value is -2.63. The number of imidazole rings is 1. The van der Waals surface area contributed by atoms with Crippen molar-refractivity contribution in [2.24, 2.45) is 0 Å². The minimum Gasteiger partial charge on any atom is -0.469 e. The van der Waals surface area contributed by atoms with Gasteiger partial charge in [0.1, 0.15) is 17.4 Å². The van der Waals surface area contributed by atoms with E-state index in [0.29, 0.717) is 28.2 Å². The highest BCUT2D eigenvalue weighted by Crippen LogP contribution is 2.13. The van der Waals surface area contributed by atoms with Crippen molar-refractivity contribution in [3.05, 3.63) is 53.5 Å². The van der Waals surface area contributed by atoms with E-state index < -0.39 is 0 Å². The fourth-order valence-corrected chi connectivity index (χ4v) is 2.00. The zero-order chi connectivity index (χ0) is 14.1. The Labute approximate surface area is 113 Å². The summed E-state index contributed by atoms with van der Waals surface area (Å²) in [6, 6.07) is 5.92. The van der Waals surface area contributed by atoms with E-state index in [1.54, 1.807) is 19.1 Å². The number of amides is 1. The van der Waals surface area contributed by atoms with Gasteiger partial charge in [0.2, 0.25) is 0 Å². The molecular weight excluding hydrogens is 261 g/mol. The van der Waals surface area contributed by atoms with Gasteiger partial charge in [-0.2, -0.15) is 0 Å². The first-order valence-corrected chi connectivity index (χ1v) is 6.10. The molecule has 102 valence electrons. The Morgan fingerprint density at radius 2 is 2.30 bits per heavy atom. The molecule has 5 nitrogen and oxygen atoms in total. The summed E-state index contributed by atoms with van der Waals surface area (Å²) in [4.78, 5) is 19.1. The van der Waals surface area contributed by atoms with Crippen LogP contribution in [0.4, 0.5) is 4.39 Å². The molecule has 0 radical (unpaired) electrons. The fourth-order valence-electron chi connectivity index (χ4n) is 2.00. The second kappa shape index (κ2) is 4.80. The van der Waals surface area contributed by atoms with Crippen LogP contribution in [0.5, 0.6) is 0 Å². The first-order chi connectivity index (χ1) is 9.63. The molecule has 0 saturated heterocycles. The molecule has 20 heavy (non-hydrogen) atoms. The third-order valence-corrected chi connectivity index (χ3v) is 3.01. The van der Waals surface area contributed by atoms with E-state index in [4.69, 9.17) is 4.42 Å². The first kappa shape index (κ1) is 12.4. The van der Waals surface area contributed by atoms with Gasteiger partial charge in [-0.1, -0.05) is 0 Å². The molecule has 0 aliphatic carbocycles. The quantitative estimate of drug-likeness (QED) is 0.770. The summed E-state index contributed by atoms with van der Waals surface area (Å²) in [7, 11) is 0. The minimum atomic E-state index is -0.328. The van der Waals surface area contributed by atoms with E-state index in [9.17, 15) is 9.18 Å². The number of benzene rings is 1. The molecule has 0 bridgehead atoms. The van der Waals surface area contributed by atoms with Crippen LogP contribution in [0.25, 0.3) is 11.0 Å². The molecule has 2 aromatic heterocycles. The highest BCUT2D eigenvalue weighted by molar-refractivity contribution is 5.95. The van der Waals surface area contributed by atoms with Crippen molar-refractivity contribution < 1.29 is 13.6 Å². The number of carbonyl (C=O) groups excluding carboxylic acids is 1. The number of aromatic nitrogens is 2. The van der Waals surface area contributed by atoms with Crippen LogP contribution in [0.15, 0.2) is 34.9 Å². The molecule has 0 saturated carbocycles. The maximum absolute atomic E-state index is 13.1. The summed E-state index contributed by atoms with van der Waals surface area (Å²) in [6.07, 6.45) is 1.47. The lowest BCUT2D eigenvalue weighted by atomic mass is 10.2. The summed E-state index contributed by atoms with van der Waals surface area (Å²) < 4.78 is 18.1. The molecule has 3 aromatic rings. The normalized spacial score (nSPS) is 10.9. The van der Waals surface area contributed by atoms with Crippen LogP contribution in [0.1, 0.15) is 21.9 Å². The Balaban J connectivity index is 1.74. The van der Waals surface area contributed by atoms with Crippen LogP contribution in [-0.2, 0) is 6.54 Å². The van der Waals surface area contributed by atoms with Crippen molar-refractivity contribution in [1.29, 1.82) is 0 Å². The molecule has 3 rings (SSSR count). The second-order valence-corrected chi connectivity index (χ2v) is 4.42. The number of furan rings is 1. The Bertz CT molecular complexity index is 776. The maximum Gasteiger partial charge on any atom is 0.255 e. The van der Waals surface area contributed by atoms with Crippen LogP contribution < -0.4 is 5.32 Å². The summed E-state index contributed by atoms with van der Waals surface area (Å²) in [6.45, 7) is 1.96. The molecule has 0 spiro atoms. The Morgan fingerprint density at radius 3 is 3.05 bits per heavy atom. The number of carbonyl (C=O) groups is 1. The zero-order valence-electron chi connectivity index (χ0n) is 10.7. The van der Waals surface area contributed by atoms with Crippen molar-refractivity contribution in [1.82, 2.24) is 15.3 Å². The zero-order valence-corrected chi connectivity index (χ0v) is 10.7. The van der Waals surface area contributed by atoms with Crippen LogP contribution >= 0.6 is 0 Å². The molecule has 0 aliphatic rings. The number of aryl methyl sites for hydroxylation is 1. The average Bonchev–Trinajstić information content (AvgIpc) is 3.01. The number of rotatable bonds is 3. The summed E-state index contributed by atoms with van der Waals surface area (Å²) in [5.41, 5.74) is 1.76. The van der Waals surface area contributed by atoms with Crippen LogP contribution in [0.2, 0.25) is 0 Å². The number of nitrogens with one attached hydrogen (secondary N) is 2. The third kappa shape index (κ3) is 2.27. The number of halogens is 1. The number of hydrogen-bond donors (Lipinski definition) is 2. The fraction of sp³-hybridized carbons (Fsp3) is 0.143. The Morgan fingerprint density at radius 1 is 1.45 bits per heavy atom. The van der Waals surface area contributed by atoms with Gasteiger partial charge in [-0.25, -0.2) is 9.37 Å². The van der Waals surface area contributed by atoms with E-state index in [1.165, 1.54) is 18.4 Å². The highest BCUT2D eigenvalue weighted by Gasteiger charge is 2.12. The molecule has 1 aromatic carbocycles. The van der Waals surface area contributed by atoms with E-state index in [0.717, 1.165) is 0 Å². The van der Waals surface area contributed by atoms with Gasteiger partial charge >= 0.3 is 0 Å². The first-order valence-electron chi connectivity index (χ1n) is 6.10. The Kier molecular flexibility index (Phi) is 2.98. The molecular formula is C14H12FN3O2. The van der Waals surface area contributed by atoms with Crippen LogP contribution in [0, 0.1) is 12.7 Å². The van der Waals surface area contributed by atoms with Crippen molar-refractivity contribution in [3.8, 4) is 0 Å². The number of aromatic amines is 1. The van der Waals surface area contributed by atoms with Crippen LogP contribution in [-0.4, -0.2) is 15.9 Å². The number of nitrogens with zero attached hydrogens (tertiary/aromatic N) is 1. The standard InChI is InChI=1S/C14H12FN3O2/c1-8-10(4-5-20-8)14(19)16-7-13-17-11-3-2-9(15)6-12(11)18-13/h2-6H,7H2,1H3,(H,16,19)(H,17,18). The lowest BCUT2D eigenvalue weighted by Gasteiger charge is -2.01. The minimum absolute atomic E-state index is 0.233. The number of H-pyrrole nitrogens is 1. The third-order valence-electron chi connectivity index (χ3n) is 3.01.